The molecule has 0 atom stereocenters. The minimum atomic E-state index is -0.403. The van der Waals surface area contributed by atoms with Gasteiger partial charge in [0.25, 0.3) is 0 Å². The molecular weight excluding hydrogens is 305 g/mol. The molecule has 1 fully saturated rings. The van der Waals surface area contributed by atoms with Crippen LogP contribution in [0.2, 0.25) is 0 Å². The summed E-state index contributed by atoms with van der Waals surface area (Å²) >= 11 is 0. The molecule has 0 spiro atoms. The van der Waals surface area contributed by atoms with Crippen LogP contribution in [0.25, 0.3) is 0 Å². The Morgan fingerprint density at radius 1 is 1.00 bits per heavy atom. The number of primary amides is 1. The van der Waals surface area contributed by atoms with Crippen LogP contribution in [0.5, 0.6) is 0 Å². The number of nitrogens with two attached hydrogens (primary N) is 1. The zero-order chi connectivity index (χ0) is 16.9. The van der Waals surface area contributed by atoms with Crippen molar-refractivity contribution in [3.8, 4) is 0 Å². The zero-order valence-corrected chi connectivity index (χ0v) is 13.6. The number of hydrogen-bond donors (Lipinski definition) is 1. The Bertz CT molecular complexity index is 694. The second kappa shape index (κ2) is 7.45. The van der Waals surface area contributed by atoms with Gasteiger partial charge in [-0.3, -0.25) is 9.69 Å². The number of piperazine rings is 1. The van der Waals surface area contributed by atoms with Crippen molar-refractivity contribution in [1.82, 2.24) is 4.90 Å². The summed E-state index contributed by atoms with van der Waals surface area (Å²) in [6.07, 6.45) is 0.736. The van der Waals surface area contributed by atoms with E-state index in [-0.39, 0.29) is 5.82 Å². The van der Waals surface area contributed by atoms with Gasteiger partial charge in [0.1, 0.15) is 5.82 Å². The van der Waals surface area contributed by atoms with Crippen molar-refractivity contribution in [2.75, 3.05) is 37.6 Å². The fourth-order valence-electron chi connectivity index (χ4n) is 3.05. The molecule has 126 valence electrons. The van der Waals surface area contributed by atoms with E-state index in [9.17, 15) is 9.18 Å². The number of hydrogen-bond acceptors (Lipinski definition) is 3. The molecule has 1 saturated heterocycles. The molecule has 2 N–H and O–H groups in total. The predicted molar refractivity (Wildman–Crippen MR) is 93.7 cm³/mol. The molecule has 2 aromatic rings. The van der Waals surface area contributed by atoms with Gasteiger partial charge in [0, 0.05) is 44.0 Å². The van der Waals surface area contributed by atoms with Gasteiger partial charge >= 0.3 is 0 Å². The third kappa shape index (κ3) is 3.92. The first kappa shape index (κ1) is 16.5. The molecule has 0 radical (unpaired) electrons. The van der Waals surface area contributed by atoms with E-state index in [4.69, 9.17) is 5.73 Å². The second-order valence-corrected chi connectivity index (χ2v) is 6.08. The molecule has 1 heterocycles. The molecule has 0 aliphatic carbocycles. The third-order valence-electron chi connectivity index (χ3n) is 4.54. The molecule has 1 aliphatic heterocycles. The predicted octanol–water partition coefficient (Wildman–Crippen LogP) is 2.29. The number of rotatable bonds is 5. The zero-order valence-electron chi connectivity index (χ0n) is 13.6. The molecule has 3 rings (SSSR count). The van der Waals surface area contributed by atoms with Crippen LogP contribution in [-0.2, 0) is 6.42 Å². The highest BCUT2D eigenvalue weighted by Gasteiger charge is 2.17. The van der Waals surface area contributed by atoms with E-state index in [0.29, 0.717) is 5.56 Å². The Balaban J connectivity index is 1.50. The molecule has 0 aromatic heterocycles. The Morgan fingerprint density at radius 3 is 2.29 bits per heavy atom. The van der Waals surface area contributed by atoms with Crippen LogP contribution in [0.3, 0.4) is 0 Å². The first-order valence-corrected chi connectivity index (χ1v) is 8.24. The first-order valence-electron chi connectivity index (χ1n) is 8.24. The summed E-state index contributed by atoms with van der Waals surface area (Å²) in [6, 6.07) is 14.4. The Morgan fingerprint density at radius 2 is 1.67 bits per heavy atom. The summed E-state index contributed by atoms with van der Waals surface area (Å²) in [5.74, 6) is -0.523. The molecule has 0 bridgehead atoms. The van der Waals surface area contributed by atoms with Gasteiger partial charge in [0.15, 0.2) is 0 Å². The quantitative estimate of drug-likeness (QED) is 0.917. The molecule has 4 nitrogen and oxygen atoms in total. The van der Waals surface area contributed by atoms with Crippen LogP contribution in [0.1, 0.15) is 15.9 Å². The Kier molecular flexibility index (Phi) is 5.11. The van der Waals surface area contributed by atoms with Gasteiger partial charge in [-0.1, -0.05) is 18.2 Å². The maximum atomic E-state index is 13.7. The van der Waals surface area contributed by atoms with Crippen LogP contribution < -0.4 is 10.6 Å². The molecule has 5 heteroatoms. The standard InChI is InChI=1S/C19H22FN3O/c20-18-4-2-1-3-15(18)9-10-22-11-13-23(14-12-22)17-7-5-16(6-8-17)19(21)24/h1-8H,9-14H2,(H2,21,24). The van der Waals surface area contributed by atoms with Crippen LogP contribution in [0.15, 0.2) is 48.5 Å². The largest absolute Gasteiger partial charge is 0.369 e. The molecule has 1 amide bonds. The van der Waals surface area contributed by atoms with Crippen LogP contribution in [-0.4, -0.2) is 43.5 Å². The summed E-state index contributed by atoms with van der Waals surface area (Å²) in [5, 5.41) is 0. The molecule has 0 saturated carbocycles. The second-order valence-electron chi connectivity index (χ2n) is 6.08. The molecular formula is C19H22FN3O. The van der Waals surface area contributed by atoms with E-state index >= 15 is 0 Å². The lowest BCUT2D eigenvalue weighted by molar-refractivity contribution is 0.100. The average Bonchev–Trinajstić information content (AvgIpc) is 2.62. The maximum absolute atomic E-state index is 13.7. The highest BCUT2D eigenvalue weighted by Crippen LogP contribution is 2.17. The van der Waals surface area contributed by atoms with Crippen molar-refractivity contribution < 1.29 is 9.18 Å². The molecule has 2 aromatic carbocycles. The number of benzene rings is 2. The number of halogens is 1. The lowest BCUT2D eigenvalue weighted by atomic mass is 10.1. The third-order valence-corrected chi connectivity index (χ3v) is 4.54. The summed E-state index contributed by atoms with van der Waals surface area (Å²) in [4.78, 5) is 15.8. The Hall–Kier alpha value is -2.40. The van der Waals surface area contributed by atoms with Gasteiger partial charge in [-0.15, -0.1) is 0 Å². The molecule has 0 unspecified atom stereocenters. The average molecular weight is 327 g/mol. The molecule has 24 heavy (non-hydrogen) atoms. The number of anilines is 1. The number of carbonyl (C=O) groups excluding carboxylic acids is 1. The van der Waals surface area contributed by atoms with Gasteiger partial charge in [-0.05, 0) is 42.3 Å². The lowest BCUT2D eigenvalue weighted by Gasteiger charge is -2.36. The van der Waals surface area contributed by atoms with Crippen molar-refractivity contribution in [1.29, 1.82) is 0 Å². The van der Waals surface area contributed by atoms with Crippen molar-refractivity contribution in [3.05, 3.63) is 65.5 Å². The van der Waals surface area contributed by atoms with Gasteiger partial charge < -0.3 is 10.6 Å². The Labute approximate surface area is 141 Å². The van der Waals surface area contributed by atoms with Crippen molar-refractivity contribution in [3.63, 3.8) is 0 Å². The van der Waals surface area contributed by atoms with E-state index in [0.717, 1.165) is 50.4 Å². The monoisotopic (exact) mass is 327 g/mol. The van der Waals surface area contributed by atoms with E-state index in [1.807, 2.05) is 24.3 Å². The number of nitrogens with zero attached hydrogens (tertiary/aromatic N) is 2. The summed E-state index contributed by atoms with van der Waals surface area (Å²) in [7, 11) is 0. The van der Waals surface area contributed by atoms with E-state index in [1.54, 1.807) is 18.2 Å². The smallest absolute Gasteiger partial charge is 0.248 e. The highest BCUT2D eigenvalue weighted by atomic mass is 19.1. The number of carbonyl (C=O) groups is 1. The van der Waals surface area contributed by atoms with Gasteiger partial charge in [-0.2, -0.15) is 0 Å². The van der Waals surface area contributed by atoms with Crippen molar-refractivity contribution in [2.45, 2.75) is 6.42 Å². The van der Waals surface area contributed by atoms with Gasteiger partial charge in [0.05, 0.1) is 0 Å². The number of amides is 1. The lowest BCUT2D eigenvalue weighted by Crippen LogP contribution is -2.47. The van der Waals surface area contributed by atoms with Crippen LogP contribution in [0.4, 0.5) is 10.1 Å². The van der Waals surface area contributed by atoms with Gasteiger partial charge in [0.2, 0.25) is 5.91 Å². The van der Waals surface area contributed by atoms with Crippen LogP contribution >= 0.6 is 0 Å². The van der Waals surface area contributed by atoms with Crippen molar-refractivity contribution in [2.24, 2.45) is 5.73 Å². The van der Waals surface area contributed by atoms with Gasteiger partial charge in [-0.25, -0.2) is 4.39 Å². The van der Waals surface area contributed by atoms with E-state index in [2.05, 4.69) is 9.80 Å². The molecule has 1 aliphatic rings. The normalized spacial score (nSPS) is 15.5. The van der Waals surface area contributed by atoms with Crippen molar-refractivity contribution >= 4 is 11.6 Å². The minimum Gasteiger partial charge on any atom is -0.369 e. The highest BCUT2D eigenvalue weighted by molar-refractivity contribution is 5.93. The van der Waals surface area contributed by atoms with Crippen LogP contribution in [0, 0.1) is 5.82 Å². The fourth-order valence-corrected chi connectivity index (χ4v) is 3.05. The topological polar surface area (TPSA) is 49.6 Å². The summed E-state index contributed by atoms with van der Waals surface area (Å²) < 4.78 is 13.7. The minimum absolute atomic E-state index is 0.120. The van der Waals surface area contributed by atoms with E-state index < -0.39 is 5.91 Å². The SMILES string of the molecule is NC(=O)c1ccc(N2CCN(CCc3ccccc3F)CC2)cc1. The van der Waals surface area contributed by atoms with E-state index in [1.165, 1.54) is 6.07 Å². The maximum Gasteiger partial charge on any atom is 0.248 e. The first-order chi connectivity index (χ1) is 11.6. The summed E-state index contributed by atoms with van der Waals surface area (Å²) in [5.41, 5.74) is 7.68. The summed E-state index contributed by atoms with van der Waals surface area (Å²) in [6.45, 7) is 4.62. The fraction of sp³-hybridized carbons (Fsp3) is 0.316.